The second-order valence-electron chi connectivity index (χ2n) is 5.25. The molecule has 4 nitrogen and oxygen atoms in total. The molecule has 0 radical (unpaired) electrons. The second kappa shape index (κ2) is 7.07. The SMILES string of the molecule is CCC(CC)(OC)C(NN)c1cc(C)c(OC)cc1C. The summed E-state index contributed by atoms with van der Waals surface area (Å²) in [4.78, 5) is 0. The number of hydrogen-bond donors (Lipinski definition) is 2. The number of nitrogens with two attached hydrogens (primary N) is 1. The van der Waals surface area contributed by atoms with Gasteiger partial charge in [0.25, 0.3) is 0 Å². The zero-order valence-corrected chi connectivity index (χ0v) is 13.5. The van der Waals surface area contributed by atoms with E-state index >= 15 is 0 Å². The maximum Gasteiger partial charge on any atom is 0.122 e. The first kappa shape index (κ1) is 17.0. The molecule has 0 saturated heterocycles. The van der Waals surface area contributed by atoms with Crippen LogP contribution in [0.5, 0.6) is 5.75 Å². The molecule has 0 spiro atoms. The van der Waals surface area contributed by atoms with Crippen LogP contribution >= 0.6 is 0 Å². The van der Waals surface area contributed by atoms with Crippen LogP contribution in [-0.4, -0.2) is 19.8 Å². The van der Waals surface area contributed by atoms with Gasteiger partial charge in [-0.15, -0.1) is 0 Å². The van der Waals surface area contributed by atoms with Crippen LogP contribution in [-0.2, 0) is 4.74 Å². The van der Waals surface area contributed by atoms with E-state index in [1.54, 1.807) is 14.2 Å². The van der Waals surface area contributed by atoms with Gasteiger partial charge in [0, 0.05) is 7.11 Å². The van der Waals surface area contributed by atoms with Gasteiger partial charge in [-0.3, -0.25) is 11.3 Å². The van der Waals surface area contributed by atoms with Crippen molar-refractivity contribution in [1.29, 1.82) is 0 Å². The molecule has 0 bridgehead atoms. The van der Waals surface area contributed by atoms with Gasteiger partial charge in [0.2, 0.25) is 0 Å². The van der Waals surface area contributed by atoms with Gasteiger partial charge in [0.1, 0.15) is 5.75 Å². The standard InChI is InChI=1S/C16H28N2O2/c1-7-16(8-2,20-6)15(18-17)13-9-12(4)14(19-5)10-11(13)3/h9-10,15,18H,7-8,17H2,1-6H3. The number of rotatable bonds is 7. The first-order valence-corrected chi connectivity index (χ1v) is 7.16. The number of nitrogens with one attached hydrogen (secondary N) is 1. The Morgan fingerprint density at radius 3 is 2.15 bits per heavy atom. The van der Waals surface area contributed by atoms with Crippen LogP contribution in [0.2, 0.25) is 0 Å². The monoisotopic (exact) mass is 280 g/mol. The zero-order valence-electron chi connectivity index (χ0n) is 13.5. The Balaban J connectivity index is 3.35. The third kappa shape index (κ3) is 2.97. The Bertz CT molecular complexity index is 434. The van der Waals surface area contributed by atoms with Crippen molar-refractivity contribution in [2.45, 2.75) is 52.2 Å². The van der Waals surface area contributed by atoms with Crippen molar-refractivity contribution in [3.63, 3.8) is 0 Å². The number of hydrogen-bond acceptors (Lipinski definition) is 4. The summed E-state index contributed by atoms with van der Waals surface area (Å²) in [5.74, 6) is 6.75. The van der Waals surface area contributed by atoms with Gasteiger partial charge >= 0.3 is 0 Å². The maximum atomic E-state index is 5.85. The van der Waals surface area contributed by atoms with Gasteiger partial charge in [-0.25, -0.2) is 0 Å². The lowest BCUT2D eigenvalue weighted by molar-refractivity contribution is -0.0488. The van der Waals surface area contributed by atoms with Crippen LogP contribution in [0.1, 0.15) is 49.4 Å². The molecule has 1 rings (SSSR count). The normalized spacial score (nSPS) is 13.3. The first-order valence-electron chi connectivity index (χ1n) is 7.16. The average molecular weight is 280 g/mol. The van der Waals surface area contributed by atoms with Crippen LogP contribution in [0.4, 0.5) is 0 Å². The minimum absolute atomic E-state index is 0.0490. The number of methoxy groups -OCH3 is 2. The molecule has 20 heavy (non-hydrogen) atoms. The molecule has 3 N–H and O–H groups in total. The van der Waals surface area contributed by atoms with E-state index in [1.165, 1.54) is 0 Å². The number of benzene rings is 1. The molecule has 0 heterocycles. The van der Waals surface area contributed by atoms with E-state index in [9.17, 15) is 0 Å². The van der Waals surface area contributed by atoms with Crippen molar-refractivity contribution < 1.29 is 9.47 Å². The summed E-state index contributed by atoms with van der Waals surface area (Å²) < 4.78 is 11.2. The molecule has 0 aromatic heterocycles. The summed E-state index contributed by atoms with van der Waals surface area (Å²) in [5, 5.41) is 0. The molecule has 1 aromatic rings. The van der Waals surface area contributed by atoms with Crippen molar-refractivity contribution in [2.75, 3.05) is 14.2 Å². The van der Waals surface area contributed by atoms with E-state index in [0.717, 1.165) is 35.3 Å². The van der Waals surface area contributed by atoms with E-state index in [2.05, 4.69) is 38.3 Å². The van der Waals surface area contributed by atoms with E-state index < -0.39 is 0 Å². The smallest absolute Gasteiger partial charge is 0.122 e. The summed E-state index contributed by atoms with van der Waals surface area (Å²) in [6.07, 6.45) is 1.78. The number of ether oxygens (including phenoxy) is 2. The Morgan fingerprint density at radius 2 is 1.75 bits per heavy atom. The summed E-state index contributed by atoms with van der Waals surface area (Å²) in [7, 11) is 3.45. The summed E-state index contributed by atoms with van der Waals surface area (Å²) >= 11 is 0. The van der Waals surface area contributed by atoms with Crippen LogP contribution in [0.25, 0.3) is 0 Å². The Kier molecular flexibility index (Phi) is 5.99. The molecular formula is C16H28N2O2. The van der Waals surface area contributed by atoms with Gasteiger partial charge in [-0.1, -0.05) is 19.9 Å². The minimum Gasteiger partial charge on any atom is -0.496 e. The van der Waals surface area contributed by atoms with E-state index in [0.29, 0.717) is 0 Å². The fourth-order valence-electron chi connectivity index (χ4n) is 2.93. The molecule has 0 amide bonds. The fraction of sp³-hybridized carbons (Fsp3) is 0.625. The predicted octanol–water partition coefficient (Wildman–Crippen LogP) is 3.02. The second-order valence-corrected chi connectivity index (χ2v) is 5.25. The van der Waals surface area contributed by atoms with E-state index in [-0.39, 0.29) is 11.6 Å². The highest BCUT2D eigenvalue weighted by Gasteiger charge is 2.37. The summed E-state index contributed by atoms with van der Waals surface area (Å²) in [5.41, 5.74) is 6.06. The van der Waals surface area contributed by atoms with Crippen molar-refractivity contribution in [3.8, 4) is 5.75 Å². The first-order chi connectivity index (χ1) is 9.49. The maximum absolute atomic E-state index is 5.85. The molecule has 0 aliphatic carbocycles. The Labute approximate surface area is 122 Å². The topological polar surface area (TPSA) is 56.5 Å². The van der Waals surface area contributed by atoms with Gasteiger partial charge in [0.05, 0.1) is 18.8 Å². The van der Waals surface area contributed by atoms with Gasteiger partial charge in [-0.2, -0.15) is 0 Å². The van der Waals surface area contributed by atoms with Crippen molar-refractivity contribution >= 4 is 0 Å². The highest BCUT2D eigenvalue weighted by molar-refractivity contribution is 5.43. The lowest BCUT2D eigenvalue weighted by Gasteiger charge is -2.39. The largest absolute Gasteiger partial charge is 0.496 e. The lowest BCUT2D eigenvalue weighted by Crippen LogP contribution is -2.47. The molecule has 114 valence electrons. The third-order valence-electron chi connectivity index (χ3n) is 4.39. The van der Waals surface area contributed by atoms with Crippen molar-refractivity contribution in [3.05, 3.63) is 28.8 Å². The molecule has 1 aromatic carbocycles. The molecule has 0 saturated carbocycles. The van der Waals surface area contributed by atoms with Crippen LogP contribution in [0.3, 0.4) is 0 Å². The molecule has 1 atom stereocenters. The van der Waals surface area contributed by atoms with Gasteiger partial charge in [0.15, 0.2) is 0 Å². The van der Waals surface area contributed by atoms with Crippen LogP contribution in [0, 0.1) is 13.8 Å². The highest BCUT2D eigenvalue weighted by Crippen LogP contribution is 2.37. The number of hydrazine groups is 1. The summed E-state index contributed by atoms with van der Waals surface area (Å²) in [6, 6.07) is 4.14. The van der Waals surface area contributed by atoms with Crippen LogP contribution in [0.15, 0.2) is 12.1 Å². The molecule has 0 aliphatic rings. The number of aryl methyl sites for hydroxylation is 2. The molecule has 0 aliphatic heterocycles. The van der Waals surface area contributed by atoms with E-state index in [1.807, 2.05) is 6.92 Å². The van der Waals surface area contributed by atoms with Gasteiger partial charge in [-0.05, 0) is 49.4 Å². The van der Waals surface area contributed by atoms with E-state index in [4.69, 9.17) is 15.3 Å². The van der Waals surface area contributed by atoms with Crippen LogP contribution < -0.4 is 16.0 Å². The zero-order chi connectivity index (χ0) is 15.3. The average Bonchev–Trinajstić information content (AvgIpc) is 2.47. The Morgan fingerprint density at radius 1 is 1.15 bits per heavy atom. The molecule has 4 heteroatoms. The van der Waals surface area contributed by atoms with Crippen molar-refractivity contribution in [1.82, 2.24) is 5.43 Å². The third-order valence-corrected chi connectivity index (χ3v) is 4.39. The predicted molar refractivity (Wildman–Crippen MR) is 82.9 cm³/mol. The fourth-order valence-corrected chi connectivity index (χ4v) is 2.93. The molecule has 1 unspecified atom stereocenters. The minimum atomic E-state index is -0.305. The quantitative estimate of drug-likeness (QED) is 0.595. The molecule has 0 fully saturated rings. The Hall–Kier alpha value is -1.10. The van der Waals surface area contributed by atoms with Crippen molar-refractivity contribution in [2.24, 2.45) is 5.84 Å². The summed E-state index contributed by atoms with van der Waals surface area (Å²) in [6.45, 7) is 8.38. The lowest BCUT2D eigenvalue weighted by atomic mass is 9.82. The van der Waals surface area contributed by atoms with Gasteiger partial charge < -0.3 is 9.47 Å². The molecular weight excluding hydrogens is 252 g/mol. The highest BCUT2D eigenvalue weighted by atomic mass is 16.5.